The van der Waals surface area contributed by atoms with E-state index in [2.05, 4.69) is 0 Å². The number of hydrogen-bond donors (Lipinski definition) is 3. The van der Waals surface area contributed by atoms with Gasteiger partial charge in [0, 0.05) is 0 Å². The average Bonchev–Trinajstić information content (AvgIpc) is 2.53. The molecule has 23 heavy (non-hydrogen) atoms. The Kier molecular flexibility index (Phi) is 5.36. The minimum absolute atomic E-state index is 0.187. The summed E-state index contributed by atoms with van der Waals surface area (Å²) in [6.45, 7) is 0. The van der Waals surface area contributed by atoms with Gasteiger partial charge in [-0.3, -0.25) is 4.79 Å². The van der Waals surface area contributed by atoms with E-state index in [1.165, 1.54) is 24.3 Å². The lowest BCUT2D eigenvalue weighted by Crippen LogP contribution is -1.84. The van der Waals surface area contributed by atoms with Gasteiger partial charge < -0.3 is 15.3 Å². The molecule has 2 rings (SSSR count). The highest BCUT2D eigenvalue weighted by Gasteiger charge is 1.98. The minimum Gasteiger partial charge on any atom is -0.508 e. The molecule has 4 nitrogen and oxygen atoms in total. The van der Waals surface area contributed by atoms with Crippen LogP contribution in [-0.2, 0) is 4.79 Å². The van der Waals surface area contributed by atoms with E-state index < -0.39 is 0 Å². The monoisotopic (exact) mass is 308 g/mol. The van der Waals surface area contributed by atoms with Gasteiger partial charge in [0.25, 0.3) is 0 Å². The molecule has 0 saturated heterocycles. The average molecular weight is 308 g/mol. The Hall–Kier alpha value is -3.27. The highest BCUT2D eigenvalue weighted by Crippen LogP contribution is 2.25. The second-order valence-corrected chi connectivity index (χ2v) is 4.80. The summed E-state index contributed by atoms with van der Waals surface area (Å²) in [5.74, 6) is -0.458. The van der Waals surface area contributed by atoms with Gasteiger partial charge >= 0.3 is 0 Å². The summed E-state index contributed by atoms with van der Waals surface area (Å²) >= 11 is 0. The summed E-state index contributed by atoms with van der Waals surface area (Å²) < 4.78 is 0. The molecule has 2 aromatic rings. The Morgan fingerprint density at radius 3 is 2.30 bits per heavy atom. The van der Waals surface area contributed by atoms with Gasteiger partial charge in [-0.05, 0) is 47.5 Å². The van der Waals surface area contributed by atoms with Crippen LogP contribution in [0.2, 0.25) is 0 Å². The van der Waals surface area contributed by atoms with Crippen molar-refractivity contribution in [2.24, 2.45) is 0 Å². The number of rotatable bonds is 5. The van der Waals surface area contributed by atoms with Gasteiger partial charge in [-0.2, -0.15) is 0 Å². The summed E-state index contributed by atoms with van der Waals surface area (Å²) in [7, 11) is 0. The number of ketones is 1. The molecule has 2 aromatic carbocycles. The second-order valence-electron chi connectivity index (χ2n) is 4.80. The molecular formula is C19H16O4. The van der Waals surface area contributed by atoms with E-state index in [1.807, 2.05) is 6.07 Å². The molecule has 0 amide bonds. The quantitative estimate of drug-likeness (QED) is 0.447. The van der Waals surface area contributed by atoms with Crippen LogP contribution in [0.5, 0.6) is 17.2 Å². The van der Waals surface area contributed by atoms with E-state index in [9.17, 15) is 20.1 Å². The van der Waals surface area contributed by atoms with E-state index in [0.717, 1.165) is 5.56 Å². The summed E-state index contributed by atoms with van der Waals surface area (Å²) in [4.78, 5) is 11.7. The molecule has 0 aliphatic heterocycles. The molecule has 0 radical (unpaired) electrons. The Balaban J connectivity index is 1.93. The first-order chi connectivity index (χ1) is 11.0. The van der Waals surface area contributed by atoms with Crippen molar-refractivity contribution in [2.45, 2.75) is 0 Å². The van der Waals surface area contributed by atoms with Crippen LogP contribution in [0.15, 0.2) is 66.8 Å². The Bertz CT molecular complexity index is 786. The summed E-state index contributed by atoms with van der Waals surface area (Å²) in [6.07, 6.45) is 9.38. The predicted octanol–water partition coefficient (Wildman–Crippen LogP) is 3.66. The van der Waals surface area contributed by atoms with E-state index in [1.54, 1.807) is 48.6 Å². The third kappa shape index (κ3) is 5.21. The lowest BCUT2D eigenvalue weighted by molar-refractivity contribution is -0.110. The number of hydrogen-bond acceptors (Lipinski definition) is 4. The summed E-state index contributed by atoms with van der Waals surface area (Å²) in [6, 6.07) is 11.1. The Labute approximate surface area is 134 Å². The fourth-order valence-corrected chi connectivity index (χ4v) is 1.82. The Morgan fingerprint density at radius 1 is 0.783 bits per heavy atom. The fourth-order valence-electron chi connectivity index (χ4n) is 1.82. The standard InChI is InChI=1S/C19H16O4/c20-16(10-8-15-9-11-18(22)19(23)13-15)6-2-1-4-14-5-3-7-17(21)12-14/h1-13,21-23H/b4-1+,6-2+,10-8+. The summed E-state index contributed by atoms with van der Waals surface area (Å²) in [5.41, 5.74) is 1.44. The molecule has 0 spiro atoms. The number of carbonyl (C=O) groups is 1. The van der Waals surface area contributed by atoms with Crippen molar-refractivity contribution in [3.8, 4) is 17.2 Å². The molecule has 0 unspecified atom stereocenters. The smallest absolute Gasteiger partial charge is 0.178 e. The zero-order valence-electron chi connectivity index (χ0n) is 12.3. The topological polar surface area (TPSA) is 77.8 Å². The molecule has 0 aliphatic carbocycles. The minimum atomic E-state index is -0.232. The van der Waals surface area contributed by atoms with Crippen molar-refractivity contribution < 1.29 is 20.1 Å². The van der Waals surface area contributed by atoms with Gasteiger partial charge in [-0.25, -0.2) is 0 Å². The molecule has 3 N–H and O–H groups in total. The lowest BCUT2D eigenvalue weighted by atomic mass is 10.1. The number of benzene rings is 2. The van der Waals surface area contributed by atoms with E-state index in [0.29, 0.717) is 5.56 Å². The van der Waals surface area contributed by atoms with Gasteiger partial charge in [0.15, 0.2) is 17.3 Å². The molecule has 0 fully saturated rings. The number of phenols is 3. The van der Waals surface area contributed by atoms with Crippen LogP contribution in [0.25, 0.3) is 12.2 Å². The molecule has 0 saturated carbocycles. The normalized spacial score (nSPS) is 11.7. The molecule has 0 aliphatic rings. The third-order valence-corrected chi connectivity index (χ3v) is 2.97. The Morgan fingerprint density at radius 2 is 1.57 bits per heavy atom. The maximum absolute atomic E-state index is 11.7. The van der Waals surface area contributed by atoms with Crippen molar-refractivity contribution in [1.82, 2.24) is 0 Å². The van der Waals surface area contributed by atoms with Crippen LogP contribution in [0, 0.1) is 0 Å². The first-order valence-electron chi connectivity index (χ1n) is 6.92. The summed E-state index contributed by atoms with van der Waals surface area (Å²) in [5, 5.41) is 27.9. The van der Waals surface area contributed by atoms with Crippen LogP contribution in [0.1, 0.15) is 11.1 Å². The van der Waals surface area contributed by atoms with Gasteiger partial charge in [0.05, 0.1) is 0 Å². The lowest BCUT2D eigenvalue weighted by Gasteiger charge is -1.97. The maximum atomic E-state index is 11.7. The van der Waals surface area contributed by atoms with Crippen LogP contribution in [0.4, 0.5) is 0 Å². The SMILES string of the molecule is O=C(/C=C/C=C/c1cccc(O)c1)/C=C/c1ccc(O)c(O)c1. The number of carbonyl (C=O) groups excluding carboxylic acids is 1. The second kappa shape index (κ2) is 7.66. The van der Waals surface area contributed by atoms with Crippen molar-refractivity contribution in [2.75, 3.05) is 0 Å². The van der Waals surface area contributed by atoms with Crippen LogP contribution in [0.3, 0.4) is 0 Å². The zero-order chi connectivity index (χ0) is 16.7. The largest absolute Gasteiger partial charge is 0.508 e. The van der Waals surface area contributed by atoms with Crippen LogP contribution in [-0.4, -0.2) is 21.1 Å². The van der Waals surface area contributed by atoms with E-state index in [4.69, 9.17) is 0 Å². The predicted molar refractivity (Wildman–Crippen MR) is 90.1 cm³/mol. The van der Waals surface area contributed by atoms with Gasteiger partial charge in [-0.15, -0.1) is 0 Å². The third-order valence-electron chi connectivity index (χ3n) is 2.97. The maximum Gasteiger partial charge on any atom is 0.178 e. The van der Waals surface area contributed by atoms with Gasteiger partial charge in [0.2, 0.25) is 0 Å². The number of allylic oxidation sites excluding steroid dienone is 4. The molecule has 0 heterocycles. The van der Waals surface area contributed by atoms with Crippen molar-refractivity contribution >= 4 is 17.9 Å². The molecule has 0 aromatic heterocycles. The molecule has 0 bridgehead atoms. The molecular weight excluding hydrogens is 292 g/mol. The van der Waals surface area contributed by atoms with Crippen LogP contribution >= 0.6 is 0 Å². The highest BCUT2D eigenvalue weighted by atomic mass is 16.3. The molecule has 4 heteroatoms. The number of aromatic hydroxyl groups is 3. The molecule has 116 valence electrons. The highest BCUT2D eigenvalue weighted by molar-refractivity contribution is 6.02. The first-order valence-corrected chi connectivity index (χ1v) is 6.92. The van der Waals surface area contributed by atoms with Crippen molar-refractivity contribution in [3.63, 3.8) is 0 Å². The first kappa shape index (κ1) is 16.1. The van der Waals surface area contributed by atoms with Gasteiger partial charge in [-0.1, -0.05) is 42.5 Å². The fraction of sp³-hybridized carbons (Fsp3) is 0. The zero-order valence-corrected chi connectivity index (χ0v) is 12.3. The van der Waals surface area contributed by atoms with Crippen LogP contribution < -0.4 is 0 Å². The molecule has 0 atom stereocenters. The number of phenolic OH excluding ortho intramolecular Hbond substituents is 3. The van der Waals surface area contributed by atoms with Crippen molar-refractivity contribution in [1.29, 1.82) is 0 Å². The van der Waals surface area contributed by atoms with E-state index >= 15 is 0 Å². The van der Waals surface area contributed by atoms with Crippen molar-refractivity contribution in [3.05, 3.63) is 77.9 Å². The van der Waals surface area contributed by atoms with Gasteiger partial charge in [0.1, 0.15) is 5.75 Å². The van der Waals surface area contributed by atoms with E-state index in [-0.39, 0.29) is 23.0 Å².